The van der Waals surface area contributed by atoms with Crippen molar-refractivity contribution in [2.75, 3.05) is 11.9 Å². The first-order chi connectivity index (χ1) is 10.9. The fourth-order valence-electron chi connectivity index (χ4n) is 1.81. The standard InChI is InChI=1S/C17H21N3O3/c1-12(2)13-5-7-15(8-6-13)20-17(23)14(10-18)11-19-9-3-4-16(21)22/h5-8,11-12,19H,3-4,9H2,1-2H3,(H,20,23)(H,21,22)/b14-11-. The summed E-state index contributed by atoms with van der Waals surface area (Å²) >= 11 is 0. The van der Waals surface area contributed by atoms with E-state index < -0.39 is 11.9 Å². The average molecular weight is 315 g/mol. The van der Waals surface area contributed by atoms with Crippen LogP contribution in [0.5, 0.6) is 0 Å². The molecule has 122 valence electrons. The van der Waals surface area contributed by atoms with Crippen LogP contribution in [0.4, 0.5) is 5.69 Å². The van der Waals surface area contributed by atoms with Crippen LogP contribution in [-0.4, -0.2) is 23.5 Å². The van der Waals surface area contributed by atoms with E-state index in [0.29, 0.717) is 24.6 Å². The number of carboxylic acid groups (broad SMARTS) is 1. The van der Waals surface area contributed by atoms with Gasteiger partial charge in [-0.15, -0.1) is 0 Å². The summed E-state index contributed by atoms with van der Waals surface area (Å²) in [6, 6.07) is 9.27. The Hall–Kier alpha value is -2.81. The molecule has 1 aromatic rings. The van der Waals surface area contributed by atoms with Gasteiger partial charge in [-0.1, -0.05) is 26.0 Å². The Morgan fingerprint density at radius 3 is 2.48 bits per heavy atom. The topological polar surface area (TPSA) is 102 Å². The lowest BCUT2D eigenvalue weighted by atomic mass is 10.0. The van der Waals surface area contributed by atoms with Crippen LogP contribution in [0.2, 0.25) is 0 Å². The number of anilines is 1. The maximum atomic E-state index is 12.0. The van der Waals surface area contributed by atoms with Crippen LogP contribution in [0.3, 0.4) is 0 Å². The fourth-order valence-corrected chi connectivity index (χ4v) is 1.81. The molecule has 0 aliphatic carbocycles. The first kappa shape index (κ1) is 18.2. The normalized spacial score (nSPS) is 11.0. The van der Waals surface area contributed by atoms with E-state index in [4.69, 9.17) is 10.4 Å². The molecule has 6 nitrogen and oxygen atoms in total. The van der Waals surface area contributed by atoms with Crippen molar-refractivity contribution in [3.63, 3.8) is 0 Å². The monoisotopic (exact) mass is 315 g/mol. The Labute approximate surface area is 135 Å². The van der Waals surface area contributed by atoms with Crippen molar-refractivity contribution in [1.82, 2.24) is 5.32 Å². The van der Waals surface area contributed by atoms with Gasteiger partial charge in [-0.25, -0.2) is 0 Å². The number of rotatable bonds is 8. The van der Waals surface area contributed by atoms with Crippen molar-refractivity contribution in [3.05, 3.63) is 41.6 Å². The fraction of sp³-hybridized carbons (Fsp3) is 0.353. The van der Waals surface area contributed by atoms with Gasteiger partial charge in [-0.05, 0) is 30.0 Å². The van der Waals surface area contributed by atoms with Gasteiger partial charge >= 0.3 is 5.97 Å². The van der Waals surface area contributed by atoms with Gasteiger partial charge in [0.1, 0.15) is 11.6 Å². The molecule has 0 spiro atoms. The lowest BCUT2D eigenvalue weighted by molar-refractivity contribution is -0.137. The Balaban J connectivity index is 2.56. The first-order valence-corrected chi connectivity index (χ1v) is 7.40. The summed E-state index contributed by atoms with van der Waals surface area (Å²) in [5.41, 5.74) is 1.72. The third-order valence-electron chi connectivity index (χ3n) is 3.16. The van der Waals surface area contributed by atoms with Gasteiger partial charge in [0.15, 0.2) is 0 Å². The minimum Gasteiger partial charge on any atom is -0.481 e. The summed E-state index contributed by atoms with van der Waals surface area (Å²) in [5.74, 6) is -0.973. The number of carbonyl (C=O) groups is 2. The van der Waals surface area contributed by atoms with Gasteiger partial charge < -0.3 is 15.7 Å². The largest absolute Gasteiger partial charge is 0.481 e. The zero-order valence-electron chi connectivity index (χ0n) is 13.3. The lowest BCUT2D eigenvalue weighted by Crippen LogP contribution is -2.17. The smallest absolute Gasteiger partial charge is 0.303 e. The van der Waals surface area contributed by atoms with E-state index in [2.05, 4.69) is 24.5 Å². The predicted molar refractivity (Wildman–Crippen MR) is 87.7 cm³/mol. The summed E-state index contributed by atoms with van der Waals surface area (Å²) in [4.78, 5) is 22.4. The van der Waals surface area contributed by atoms with Crippen LogP contribution in [0.25, 0.3) is 0 Å². The number of nitrogens with zero attached hydrogens (tertiary/aromatic N) is 1. The highest BCUT2D eigenvalue weighted by Crippen LogP contribution is 2.17. The molecule has 0 aromatic heterocycles. The molecule has 0 atom stereocenters. The number of benzene rings is 1. The number of amides is 1. The summed E-state index contributed by atoms with van der Waals surface area (Å²) < 4.78 is 0. The predicted octanol–water partition coefficient (Wildman–Crippen LogP) is 2.61. The van der Waals surface area contributed by atoms with E-state index in [1.54, 1.807) is 12.1 Å². The number of nitriles is 1. The minimum absolute atomic E-state index is 0.0388. The molecular formula is C17H21N3O3. The molecule has 0 saturated carbocycles. The van der Waals surface area contributed by atoms with E-state index in [1.807, 2.05) is 18.2 Å². The van der Waals surface area contributed by atoms with Crippen molar-refractivity contribution in [1.29, 1.82) is 5.26 Å². The quantitative estimate of drug-likeness (QED) is 0.389. The van der Waals surface area contributed by atoms with Gasteiger partial charge in [0.2, 0.25) is 0 Å². The second-order valence-corrected chi connectivity index (χ2v) is 5.35. The van der Waals surface area contributed by atoms with Crippen molar-refractivity contribution in [3.8, 4) is 6.07 Å². The molecule has 0 heterocycles. The summed E-state index contributed by atoms with van der Waals surface area (Å²) in [6.45, 7) is 4.55. The van der Waals surface area contributed by atoms with Crippen LogP contribution in [0.15, 0.2) is 36.0 Å². The molecule has 1 rings (SSSR count). The first-order valence-electron chi connectivity index (χ1n) is 7.40. The Bertz CT molecular complexity index is 613. The van der Waals surface area contributed by atoms with Gasteiger partial charge in [0.05, 0.1) is 0 Å². The maximum absolute atomic E-state index is 12.0. The van der Waals surface area contributed by atoms with Crippen molar-refractivity contribution in [2.45, 2.75) is 32.6 Å². The van der Waals surface area contributed by atoms with Crippen LogP contribution in [-0.2, 0) is 9.59 Å². The molecule has 1 amide bonds. The highest BCUT2D eigenvalue weighted by atomic mass is 16.4. The van der Waals surface area contributed by atoms with Crippen molar-refractivity contribution < 1.29 is 14.7 Å². The molecule has 0 aliphatic rings. The molecule has 1 aromatic carbocycles. The Kier molecular flexibility index (Phi) is 7.34. The second-order valence-electron chi connectivity index (χ2n) is 5.35. The third kappa shape index (κ3) is 6.66. The molecule has 23 heavy (non-hydrogen) atoms. The van der Waals surface area contributed by atoms with Crippen LogP contribution in [0, 0.1) is 11.3 Å². The summed E-state index contributed by atoms with van der Waals surface area (Å²) in [5, 5.41) is 23.0. The zero-order chi connectivity index (χ0) is 17.2. The third-order valence-corrected chi connectivity index (χ3v) is 3.16. The molecule has 3 N–H and O–H groups in total. The molecule has 0 fully saturated rings. The number of nitrogens with one attached hydrogen (secondary N) is 2. The molecule has 0 unspecified atom stereocenters. The second kappa shape index (κ2) is 9.26. The molecule has 0 bridgehead atoms. The number of carbonyl (C=O) groups excluding carboxylic acids is 1. The molecule has 0 radical (unpaired) electrons. The van der Waals surface area contributed by atoms with E-state index in [0.717, 1.165) is 0 Å². The Morgan fingerprint density at radius 2 is 1.96 bits per heavy atom. The number of hydrogen-bond acceptors (Lipinski definition) is 4. The highest BCUT2D eigenvalue weighted by molar-refractivity contribution is 6.06. The van der Waals surface area contributed by atoms with E-state index in [9.17, 15) is 9.59 Å². The zero-order valence-corrected chi connectivity index (χ0v) is 13.3. The van der Waals surface area contributed by atoms with Crippen molar-refractivity contribution >= 4 is 17.6 Å². The number of carboxylic acids is 1. The van der Waals surface area contributed by atoms with Crippen LogP contribution < -0.4 is 10.6 Å². The number of aliphatic carboxylic acids is 1. The lowest BCUT2D eigenvalue weighted by Gasteiger charge is -2.08. The van der Waals surface area contributed by atoms with Gasteiger partial charge in [0, 0.05) is 24.9 Å². The average Bonchev–Trinajstić information content (AvgIpc) is 2.51. The van der Waals surface area contributed by atoms with E-state index in [-0.39, 0.29) is 12.0 Å². The van der Waals surface area contributed by atoms with Gasteiger partial charge in [-0.2, -0.15) is 5.26 Å². The van der Waals surface area contributed by atoms with E-state index >= 15 is 0 Å². The maximum Gasteiger partial charge on any atom is 0.303 e. The summed E-state index contributed by atoms with van der Waals surface area (Å²) in [7, 11) is 0. The van der Waals surface area contributed by atoms with Gasteiger partial charge in [-0.3, -0.25) is 9.59 Å². The summed E-state index contributed by atoms with van der Waals surface area (Å²) in [6.07, 6.45) is 1.76. The minimum atomic E-state index is -0.876. The van der Waals surface area contributed by atoms with Crippen molar-refractivity contribution in [2.24, 2.45) is 0 Å². The van der Waals surface area contributed by atoms with Crippen LogP contribution >= 0.6 is 0 Å². The number of hydrogen-bond donors (Lipinski definition) is 3. The molecule has 6 heteroatoms. The van der Waals surface area contributed by atoms with Crippen LogP contribution in [0.1, 0.15) is 38.2 Å². The van der Waals surface area contributed by atoms with E-state index in [1.165, 1.54) is 11.8 Å². The SMILES string of the molecule is CC(C)c1ccc(NC(=O)/C(C#N)=C\NCCCC(=O)O)cc1. The van der Waals surface area contributed by atoms with Gasteiger partial charge in [0.25, 0.3) is 5.91 Å². The molecule has 0 aliphatic heterocycles. The molecular weight excluding hydrogens is 294 g/mol. The highest BCUT2D eigenvalue weighted by Gasteiger charge is 2.09. The Morgan fingerprint density at radius 1 is 1.30 bits per heavy atom. The molecule has 0 saturated heterocycles.